The largest absolute Gasteiger partial charge is 0.393 e. The van der Waals surface area contributed by atoms with Crippen LogP contribution in [0.25, 0.3) is 0 Å². The van der Waals surface area contributed by atoms with Crippen molar-refractivity contribution < 1.29 is 78.7 Å². The molecule has 0 aromatic carbocycles. The zero-order valence-electron chi connectivity index (χ0n) is 36.3. The van der Waals surface area contributed by atoms with Crippen LogP contribution in [0.1, 0.15) is 92.9 Å². The summed E-state index contributed by atoms with van der Waals surface area (Å²) in [6.45, 7) is 16.4. The second-order valence-corrected chi connectivity index (χ2v) is 20.7. The summed E-state index contributed by atoms with van der Waals surface area (Å²) in [7, 11) is 0. The standard InChI is InChI=1S/C45H70O16/c1-18-10-13-45(54-17-18)19(2)30-28(61-45)16-27-25-9-8-23-14-24(46)15-29(44(23,7)26(25)11-12-43(27,30)6)58-42-39(35(51)32(48)21(4)57-42)60-41-37(53)38(33(49)22(5)56-41)59-40-36(52)34(50)31(47)20(3)55-40/h8,19-22,24-42,46-53H,1,9-17H2,2-7H3/t19-,20-,21+,22-,24+,25+,26-,27-,28-,29+,30-,31-,32-,33-,34+,35-,36+,37+,38+,39+,40-,41-,42-,43-,44-,45+/m0/s1. The molecule has 0 aromatic heterocycles. The number of hydrogen-bond acceptors (Lipinski definition) is 16. The number of fused-ring (bicyclic) bond motifs is 7. The summed E-state index contributed by atoms with van der Waals surface area (Å²) in [5.41, 5.74) is 1.82. The van der Waals surface area contributed by atoms with E-state index in [1.165, 1.54) is 13.8 Å². The zero-order valence-corrected chi connectivity index (χ0v) is 36.3. The van der Waals surface area contributed by atoms with Crippen LogP contribution in [0.3, 0.4) is 0 Å². The molecule has 4 aliphatic carbocycles. The first kappa shape index (κ1) is 45.0. The van der Waals surface area contributed by atoms with Crippen LogP contribution in [0.15, 0.2) is 23.8 Å². The predicted molar refractivity (Wildman–Crippen MR) is 213 cm³/mol. The molecule has 26 atom stereocenters. The molecule has 9 aliphatic rings. The van der Waals surface area contributed by atoms with Gasteiger partial charge in [-0.3, -0.25) is 0 Å². The Kier molecular flexibility index (Phi) is 12.0. The molecule has 8 N–H and O–H groups in total. The molecule has 0 amide bonds. The van der Waals surface area contributed by atoms with Crippen LogP contribution in [0.5, 0.6) is 0 Å². The van der Waals surface area contributed by atoms with E-state index in [1.807, 2.05) is 0 Å². The quantitative estimate of drug-likeness (QED) is 0.175. The molecule has 0 radical (unpaired) electrons. The van der Waals surface area contributed by atoms with Gasteiger partial charge in [-0.15, -0.1) is 0 Å². The molecule has 1 spiro atoms. The van der Waals surface area contributed by atoms with Crippen molar-refractivity contribution in [3.05, 3.63) is 23.8 Å². The third-order valence-corrected chi connectivity index (χ3v) is 17.4. The first-order valence-corrected chi connectivity index (χ1v) is 22.8. The van der Waals surface area contributed by atoms with Crippen molar-refractivity contribution in [1.29, 1.82) is 0 Å². The Morgan fingerprint density at radius 1 is 0.689 bits per heavy atom. The number of aliphatic hydroxyl groups is 8. The van der Waals surface area contributed by atoms with Crippen LogP contribution < -0.4 is 0 Å². The van der Waals surface area contributed by atoms with Crippen molar-refractivity contribution in [3.8, 4) is 0 Å². The molecule has 16 nitrogen and oxygen atoms in total. The number of rotatable bonds is 6. The lowest BCUT2D eigenvalue weighted by Crippen LogP contribution is -2.66. The van der Waals surface area contributed by atoms with Gasteiger partial charge in [0, 0.05) is 24.2 Å². The van der Waals surface area contributed by atoms with E-state index in [0.29, 0.717) is 37.2 Å². The average molecular weight is 867 g/mol. The van der Waals surface area contributed by atoms with Crippen LogP contribution in [-0.2, 0) is 37.9 Å². The van der Waals surface area contributed by atoms with Gasteiger partial charge in [0.2, 0.25) is 0 Å². The predicted octanol–water partition coefficient (Wildman–Crippen LogP) is 1.16. The highest BCUT2D eigenvalue weighted by Crippen LogP contribution is 2.71. The van der Waals surface area contributed by atoms with Crippen LogP contribution in [0, 0.1) is 40.4 Å². The Morgan fingerprint density at radius 2 is 1.33 bits per heavy atom. The van der Waals surface area contributed by atoms with Crippen LogP contribution in [0.2, 0.25) is 0 Å². The fourth-order valence-corrected chi connectivity index (χ4v) is 13.8. The average Bonchev–Trinajstić information content (AvgIpc) is 3.67. The summed E-state index contributed by atoms with van der Waals surface area (Å²) in [5.74, 6) is 1.06. The molecule has 61 heavy (non-hydrogen) atoms. The van der Waals surface area contributed by atoms with Gasteiger partial charge in [0.1, 0.15) is 54.9 Å². The molecular formula is C45H70O16. The van der Waals surface area contributed by atoms with E-state index in [0.717, 1.165) is 49.7 Å². The molecule has 5 heterocycles. The number of aliphatic hydroxyl groups excluding tert-OH is 8. The molecule has 346 valence electrons. The lowest BCUT2D eigenvalue weighted by atomic mass is 9.46. The fourth-order valence-electron chi connectivity index (χ4n) is 13.8. The molecule has 5 saturated heterocycles. The highest BCUT2D eigenvalue weighted by atomic mass is 16.8. The van der Waals surface area contributed by atoms with E-state index < -0.39 is 116 Å². The minimum absolute atomic E-state index is 0.0630. The van der Waals surface area contributed by atoms with Gasteiger partial charge in [0.25, 0.3) is 0 Å². The van der Waals surface area contributed by atoms with E-state index >= 15 is 0 Å². The Bertz CT molecular complexity index is 1650. The summed E-state index contributed by atoms with van der Waals surface area (Å²) in [6, 6.07) is 0. The normalized spacial score (nSPS) is 58.4. The van der Waals surface area contributed by atoms with E-state index in [2.05, 4.69) is 33.4 Å². The van der Waals surface area contributed by atoms with Crippen LogP contribution in [0.4, 0.5) is 0 Å². The number of allylic oxidation sites excluding steroid dienone is 1. The Hall–Kier alpha value is -1.16. The third-order valence-electron chi connectivity index (χ3n) is 17.4. The van der Waals surface area contributed by atoms with Gasteiger partial charge in [-0.05, 0) is 88.4 Å². The van der Waals surface area contributed by atoms with Crippen LogP contribution in [-0.4, -0.2) is 164 Å². The van der Waals surface area contributed by atoms with Crippen molar-refractivity contribution in [2.75, 3.05) is 6.61 Å². The number of ether oxygens (including phenoxy) is 8. The van der Waals surface area contributed by atoms with Gasteiger partial charge >= 0.3 is 0 Å². The van der Waals surface area contributed by atoms with Crippen molar-refractivity contribution in [2.24, 2.45) is 40.4 Å². The molecule has 16 heteroatoms. The topological polar surface area (TPSA) is 236 Å². The van der Waals surface area contributed by atoms with Gasteiger partial charge in [0.15, 0.2) is 24.7 Å². The van der Waals surface area contributed by atoms with Crippen molar-refractivity contribution >= 4 is 0 Å². The van der Waals surface area contributed by atoms with Gasteiger partial charge in [-0.25, -0.2) is 0 Å². The molecule has 9 rings (SSSR count). The van der Waals surface area contributed by atoms with Crippen molar-refractivity contribution in [1.82, 2.24) is 0 Å². The first-order valence-electron chi connectivity index (χ1n) is 22.8. The number of hydrogen-bond donors (Lipinski definition) is 8. The SMILES string of the molecule is C=C1CC[C@@]2(OC1)O[C@H]1C[C@H]3[C@@H]4CC=C5C[C@@H](O)C[C@@H](O[C@@H]6O[C@H](C)[C@H](O)[C@H](O)[C@H]6O[C@@H]6O[C@@H](C)[C@H](O)[C@@H](O[C@@H]7O[C@@H](C)[C@H](O)[C@@H](O)[C@H]7O)[C@H]6O)[C@]5(C)[C@H]4CC[C@]3(C)[C@H]1[C@@H]2C. The lowest BCUT2D eigenvalue weighted by molar-refractivity contribution is -0.385. The van der Waals surface area contributed by atoms with E-state index in [9.17, 15) is 40.9 Å². The lowest BCUT2D eigenvalue weighted by Gasteiger charge is -2.60. The minimum Gasteiger partial charge on any atom is -0.393 e. The van der Waals surface area contributed by atoms with E-state index in [-0.39, 0.29) is 23.4 Å². The minimum atomic E-state index is -1.73. The summed E-state index contributed by atoms with van der Waals surface area (Å²) in [6.07, 6.45) is -13.3. The molecule has 0 unspecified atom stereocenters. The molecule has 0 bridgehead atoms. The summed E-state index contributed by atoms with van der Waals surface area (Å²) in [4.78, 5) is 0. The Morgan fingerprint density at radius 3 is 2.02 bits per heavy atom. The molecule has 8 fully saturated rings. The summed E-state index contributed by atoms with van der Waals surface area (Å²) >= 11 is 0. The van der Waals surface area contributed by atoms with Gasteiger partial charge in [-0.1, -0.05) is 44.6 Å². The maximum Gasteiger partial charge on any atom is 0.187 e. The van der Waals surface area contributed by atoms with Gasteiger partial charge < -0.3 is 78.7 Å². The molecule has 0 aromatic rings. The fraction of sp³-hybridized carbons (Fsp3) is 0.911. The van der Waals surface area contributed by atoms with Crippen molar-refractivity contribution in [2.45, 2.75) is 209 Å². The van der Waals surface area contributed by atoms with Gasteiger partial charge in [-0.2, -0.15) is 0 Å². The Labute approximate surface area is 358 Å². The highest BCUT2D eigenvalue weighted by Gasteiger charge is 2.69. The maximum atomic E-state index is 11.6. The Balaban J connectivity index is 0.948. The molecule has 5 aliphatic heterocycles. The molecule has 3 saturated carbocycles. The molecular weight excluding hydrogens is 796 g/mol. The monoisotopic (exact) mass is 866 g/mol. The van der Waals surface area contributed by atoms with Gasteiger partial charge in [0.05, 0.1) is 43.2 Å². The zero-order chi connectivity index (χ0) is 43.7. The summed E-state index contributed by atoms with van der Waals surface area (Å²) < 4.78 is 50.4. The second-order valence-electron chi connectivity index (χ2n) is 20.7. The van der Waals surface area contributed by atoms with Crippen molar-refractivity contribution in [3.63, 3.8) is 0 Å². The first-order chi connectivity index (χ1) is 28.8. The van der Waals surface area contributed by atoms with E-state index in [4.69, 9.17) is 37.9 Å². The van der Waals surface area contributed by atoms with Crippen LogP contribution >= 0.6 is 0 Å². The highest BCUT2D eigenvalue weighted by molar-refractivity contribution is 5.29. The third kappa shape index (κ3) is 7.17. The summed E-state index contributed by atoms with van der Waals surface area (Å²) in [5, 5.41) is 87.9. The maximum absolute atomic E-state index is 11.6. The van der Waals surface area contributed by atoms with E-state index in [1.54, 1.807) is 6.92 Å². The second kappa shape index (κ2) is 16.3. The smallest absolute Gasteiger partial charge is 0.187 e.